The van der Waals surface area contributed by atoms with Crippen LogP contribution in [0, 0.1) is 9.39 Å². The van der Waals surface area contributed by atoms with Crippen molar-refractivity contribution in [2.75, 3.05) is 6.54 Å². The second-order valence-electron chi connectivity index (χ2n) is 4.09. The van der Waals surface area contributed by atoms with E-state index < -0.39 is 0 Å². The summed E-state index contributed by atoms with van der Waals surface area (Å²) in [6.45, 7) is 4.92. The zero-order chi connectivity index (χ0) is 13.1. The fourth-order valence-electron chi connectivity index (χ4n) is 1.83. The molecule has 0 saturated heterocycles. The van der Waals surface area contributed by atoms with Gasteiger partial charge in [-0.1, -0.05) is 13.0 Å². The summed E-state index contributed by atoms with van der Waals surface area (Å²) in [5.74, 6) is -0.253. The first kappa shape index (κ1) is 13.5. The quantitative estimate of drug-likeness (QED) is 0.850. The molecule has 2 rings (SSSR count). The van der Waals surface area contributed by atoms with Crippen LogP contribution in [0.5, 0.6) is 0 Å². The van der Waals surface area contributed by atoms with Gasteiger partial charge in [-0.05, 0) is 53.8 Å². The van der Waals surface area contributed by atoms with Gasteiger partial charge < -0.3 is 5.32 Å². The Morgan fingerprint density at radius 1 is 1.50 bits per heavy atom. The van der Waals surface area contributed by atoms with E-state index in [2.05, 4.69) is 33.0 Å². The summed E-state index contributed by atoms with van der Waals surface area (Å²) < 4.78 is 16.6. The highest BCUT2D eigenvalue weighted by atomic mass is 127. The second kappa shape index (κ2) is 5.79. The van der Waals surface area contributed by atoms with E-state index in [9.17, 15) is 4.39 Å². The molecule has 1 unspecified atom stereocenters. The number of rotatable bonds is 4. The Hall–Kier alpha value is -0.950. The third-order valence-electron chi connectivity index (χ3n) is 2.78. The van der Waals surface area contributed by atoms with Crippen molar-refractivity contribution in [3.63, 3.8) is 0 Å². The van der Waals surface area contributed by atoms with Crippen LogP contribution in [0.1, 0.15) is 25.5 Å². The highest BCUT2D eigenvalue weighted by Crippen LogP contribution is 2.19. The van der Waals surface area contributed by atoms with E-state index in [4.69, 9.17) is 0 Å². The van der Waals surface area contributed by atoms with Gasteiger partial charge in [0, 0.05) is 12.2 Å². The van der Waals surface area contributed by atoms with E-state index >= 15 is 0 Å². The minimum absolute atomic E-state index is 0.149. The predicted molar refractivity (Wildman–Crippen MR) is 78.3 cm³/mol. The Kier molecular flexibility index (Phi) is 4.34. The molecule has 0 aliphatic rings. The van der Waals surface area contributed by atoms with E-state index in [0.29, 0.717) is 5.69 Å². The number of halogens is 2. The van der Waals surface area contributed by atoms with E-state index in [1.54, 1.807) is 29.2 Å². The lowest BCUT2D eigenvalue weighted by Gasteiger charge is -2.13. The van der Waals surface area contributed by atoms with E-state index in [-0.39, 0.29) is 11.9 Å². The van der Waals surface area contributed by atoms with Gasteiger partial charge in [-0.2, -0.15) is 5.10 Å². The third-order valence-corrected chi connectivity index (χ3v) is 3.34. The van der Waals surface area contributed by atoms with Crippen molar-refractivity contribution in [2.45, 2.75) is 19.9 Å². The molecular formula is C13H15FIN3. The van der Waals surface area contributed by atoms with Crippen molar-refractivity contribution >= 4 is 22.6 Å². The molecule has 3 nitrogen and oxygen atoms in total. The summed E-state index contributed by atoms with van der Waals surface area (Å²) in [5.41, 5.74) is 1.42. The van der Waals surface area contributed by atoms with E-state index in [0.717, 1.165) is 15.7 Å². The van der Waals surface area contributed by atoms with Crippen molar-refractivity contribution in [1.29, 1.82) is 0 Å². The smallest absolute Gasteiger partial charge is 0.149 e. The number of hydrogen-bond donors (Lipinski definition) is 1. The van der Waals surface area contributed by atoms with Crippen LogP contribution < -0.4 is 5.32 Å². The molecule has 1 heterocycles. The van der Waals surface area contributed by atoms with Crippen LogP contribution in [0.2, 0.25) is 0 Å². The topological polar surface area (TPSA) is 29.9 Å². The van der Waals surface area contributed by atoms with Crippen molar-refractivity contribution in [1.82, 2.24) is 15.1 Å². The Labute approximate surface area is 120 Å². The molecule has 0 amide bonds. The lowest BCUT2D eigenvalue weighted by Crippen LogP contribution is -2.18. The van der Waals surface area contributed by atoms with E-state index in [1.165, 1.54) is 0 Å². The Morgan fingerprint density at radius 3 is 2.83 bits per heavy atom. The fraction of sp³-hybridized carbons (Fsp3) is 0.308. The number of nitrogens with zero attached hydrogens (tertiary/aromatic N) is 2. The number of nitrogens with one attached hydrogen (secondary N) is 1. The van der Waals surface area contributed by atoms with Gasteiger partial charge in [0.15, 0.2) is 0 Å². The minimum Gasteiger partial charge on any atom is -0.310 e. The normalized spacial score (nSPS) is 12.7. The van der Waals surface area contributed by atoms with Gasteiger partial charge in [-0.3, -0.25) is 0 Å². The molecule has 0 spiro atoms. The molecule has 18 heavy (non-hydrogen) atoms. The Balaban J connectivity index is 2.30. The summed E-state index contributed by atoms with van der Waals surface area (Å²) in [6, 6.07) is 5.41. The highest BCUT2D eigenvalue weighted by Gasteiger charge is 2.10. The van der Waals surface area contributed by atoms with Crippen LogP contribution in [0.4, 0.5) is 4.39 Å². The van der Waals surface area contributed by atoms with Crippen molar-refractivity contribution < 1.29 is 4.39 Å². The number of hydrogen-bond acceptors (Lipinski definition) is 2. The zero-order valence-corrected chi connectivity index (χ0v) is 12.5. The van der Waals surface area contributed by atoms with Crippen LogP contribution >= 0.6 is 22.6 Å². The lowest BCUT2D eigenvalue weighted by molar-refractivity contribution is 0.577. The van der Waals surface area contributed by atoms with Crippen molar-refractivity contribution in [2.24, 2.45) is 0 Å². The summed E-state index contributed by atoms with van der Waals surface area (Å²) >= 11 is 2.15. The highest BCUT2D eigenvalue weighted by molar-refractivity contribution is 14.1. The van der Waals surface area contributed by atoms with Crippen LogP contribution in [0.3, 0.4) is 0 Å². The van der Waals surface area contributed by atoms with Crippen LogP contribution in [0.25, 0.3) is 5.69 Å². The van der Waals surface area contributed by atoms with Gasteiger partial charge in [0.2, 0.25) is 0 Å². The molecule has 1 aromatic carbocycles. The van der Waals surface area contributed by atoms with Gasteiger partial charge in [0.1, 0.15) is 11.5 Å². The Morgan fingerprint density at radius 2 is 2.28 bits per heavy atom. The summed E-state index contributed by atoms with van der Waals surface area (Å²) in [4.78, 5) is 0. The number of aromatic nitrogens is 2. The standard InChI is InChI=1S/C13H15FIN3/c1-3-16-9(2)10-4-5-13(12(14)6-10)18-8-11(15)7-17-18/h4-9,16H,3H2,1-2H3. The van der Waals surface area contributed by atoms with Gasteiger partial charge in [-0.25, -0.2) is 9.07 Å². The molecule has 5 heteroatoms. The van der Waals surface area contributed by atoms with Crippen LogP contribution in [0.15, 0.2) is 30.6 Å². The first-order valence-electron chi connectivity index (χ1n) is 5.85. The fourth-order valence-corrected chi connectivity index (χ4v) is 2.22. The molecule has 96 valence electrons. The maximum atomic E-state index is 14.1. The van der Waals surface area contributed by atoms with Gasteiger partial charge >= 0.3 is 0 Å². The predicted octanol–water partition coefficient (Wildman–Crippen LogP) is 3.29. The largest absolute Gasteiger partial charge is 0.310 e. The number of benzene rings is 1. The molecule has 0 aliphatic carbocycles. The average molecular weight is 359 g/mol. The molecule has 1 aromatic heterocycles. The minimum atomic E-state index is -0.253. The van der Waals surface area contributed by atoms with Crippen LogP contribution in [-0.4, -0.2) is 16.3 Å². The second-order valence-corrected chi connectivity index (χ2v) is 5.34. The van der Waals surface area contributed by atoms with Gasteiger partial charge in [0.25, 0.3) is 0 Å². The van der Waals surface area contributed by atoms with Crippen molar-refractivity contribution in [3.05, 3.63) is 45.5 Å². The molecule has 1 atom stereocenters. The van der Waals surface area contributed by atoms with E-state index in [1.807, 2.05) is 19.9 Å². The average Bonchev–Trinajstić information content (AvgIpc) is 2.76. The summed E-state index contributed by atoms with van der Waals surface area (Å²) in [7, 11) is 0. The molecule has 0 fully saturated rings. The first-order chi connectivity index (χ1) is 8.61. The maximum absolute atomic E-state index is 14.1. The van der Waals surface area contributed by atoms with Gasteiger partial charge in [-0.15, -0.1) is 0 Å². The SMILES string of the molecule is CCNC(C)c1ccc(-n2cc(I)cn2)c(F)c1. The molecule has 0 radical (unpaired) electrons. The molecule has 0 saturated carbocycles. The zero-order valence-electron chi connectivity index (χ0n) is 10.3. The molecule has 0 aliphatic heterocycles. The Bertz CT molecular complexity index is 539. The third kappa shape index (κ3) is 2.89. The molecule has 0 bridgehead atoms. The maximum Gasteiger partial charge on any atom is 0.149 e. The molecular weight excluding hydrogens is 344 g/mol. The molecule has 1 N–H and O–H groups in total. The summed E-state index contributed by atoms with van der Waals surface area (Å²) in [5, 5.41) is 7.37. The monoisotopic (exact) mass is 359 g/mol. The van der Waals surface area contributed by atoms with Crippen molar-refractivity contribution in [3.8, 4) is 5.69 Å². The summed E-state index contributed by atoms with van der Waals surface area (Å²) in [6.07, 6.45) is 3.50. The first-order valence-corrected chi connectivity index (χ1v) is 6.93. The van der Waals surface area contributed by atoms with Gasteiger partial charge in [0.05, 0.1) is 9.77 Å². The molecule has 2 aromatic rings. The van der Waals surface area contributed by atoms with Crippen LogP contribution in [-0.2, 0) is 0 Å². The lowest BCUT2D eigenvalue weighted by atomic mass is 10.1.